The van der Waals surface area contributed by atoms with E-state index in [0.717, 1.165) is 11.1 Å². The Balaban J connectivity index is 1.86. The first-order chi connectivity index (χ1) is 11.0. The van der Waals surface area contributed by atoms with Gasteiger partial charge in [-0.15, -0.1) is 0 Å². The molecule has 1 amide bonds. The van der Waals surface area contributed by atoms with Gasteiger partial charge in [-0.25, -0.2) is 5.43 Å². The van der Waals surface area contributed by atoms with Crippen molar-refractivity contribution in [2.45, 2.75) is 20.8 Å². The normalized spacial score (nSPS) is 10.8. The molecule has 4 nitrogen and oxygen atoms in total. The number of hydrazone groups is 1. The molecule has 120 valence electrons. The van der Waals surface area contributed by atoms with Gasteiger partial charge in [0.1, 0.15) is 5.75 Å². The number of carbonyl (C=O) groups is 1. The molecule has 0 heterocycles. The number of rotatable bonds is 5. The highest BCUT2D eigenvalue weighted by Crippen LogP contribution is 2.16. The molecule has 1 N–H and O–H groups in total. The van der Waals surface area contributed by atoms with Crippen molar-refractivity contribution in [3.05, 3.63) is 63.7 Å². The Labute approximate surface area is 141 Å². The Morgan fingerprint density at radius 3 is 2.52 bits per heavy atom. The smallest absolute Gasteiger partial charge is 0.277 e. The van der Waals surface area contributed by atoms with Gasteiger partial charge in [-0.05, 0) is 67.3 Å². The van der Waals surface area contributed by atoms with Crippen LogP contribution in [0.2, 0.25) is 5.02 Å². The van der Waals surface area contributed by atoms with Crippen LogP contribution in [0.1, 0.15) is 22.3 Å². The molecular formula is C18H19ClN2O2. The van der Waals surface area contributed by atoms with E-state index in [4.69, 9.17) is 16.3 Å². The van der Waals surface area contributed by atoms with Crippen LogP contribution in [0.15, 0.2) is 41.5 Å². The molecule has 0 saturated carbocycles. The number of amides is 1. The Morgan fingerprint density at radius 1 is 1.13 bits per heavy atom. The largest absolute Gasteiger partial charge is 0.484 e. The van der Waals surface area contributed by atoms with Gasteiger partial charge in [0.25, 0.3) is 5.91 Å². The van der Waals surface area contributed by atoms with Crippen molar-refractivity contribution < 1.29 is 9.53 Å². The average molecular weight is 331 g/mol. The van der Waals surface area contributed by atoms with E-state index < -0.39 is 0 Å². The lowest BCUT2D eigenvalue weighted by Gasteiger charge is -2.07. The minimum absolute atomic E-state index is 0.106. The first-order valence-corrected chi connectivity index (χ1v) is 7.62. The Bertz CT molecular complexity index is 725. The van der Waals surface area contributed by atoms with Gasteiger partial charge in [-0.1, -0.05) is 23.7 Å². The lowest BCUT2D eigenvalue weighted by molar-refractivity contribution is -0.123. The number of aryl methyl sites for hydroxylation is 1. The van der Waals surface area contributed by atoms with Crippen LogP contribution in [0.5, 0.6) is 5.75 Å². The number of nitrogens with zero attached hydrogens (tertiary/aromatic N) is 1. The Kier molecular flexibility index (Phi) is 5.77. The molecule has 2 aromatic carbocycles. The summed E-state index contributed by atoms with van der Waals surface area (Å²) >= 11 is 5.78. The molecular weight excluding hydrogens is 312 g/mol. The van der Waals surface area contributed by atoms with E-state index in [1.54, 1.807) is 30.5 Å². The molecule has 0 aliphatic heterocycles. The van der Waals surface area contributed by atoms with E-state index in [1.165, 1.54) is 11.1 Å². The summed E-state index contributed by atoms with van der Waals surface area (Å²) in [5, 5.41) is 4.59. The lowest BCUT2D eigenvalue weighted by Crippen LogP contribution is -2.24. The zero-order valence-electron chi connectivity index (χ0n) is 13.4. The number of benzene rings is 2. The van der Waals surface area contributed by atoms with Crippen molar-refractivity contribution in [1.29, 1.82) is 0 Å². The average Bonchev–Trinajstić information content (AvgIpc) is 2.54. The number of halogens is 1. The summed E-state index contributed by atoms with van der Waals surface area (Å²) in [5.41, 5.74) is 7.05. The summed E-state index contributed by atoms with van der Waals surface area (Å²) in [7, 11) is 0. The summed E-state index contributed by atoms with van der Waals surface area (Å²) in [6.07, 6.45) is 1.64. The predicted molar refractivity (Wildman–Crippen MR) is 93.3 cm³/mol. The zero-order valence-corrected chi connectivity index (χ0v) is 14.1. The summed E-state index contributed by atoms with van der Waals surface area (Å²) in [6.45, 7) is 6.07. The third-order valence-electron chi connectivity index (χ3n) is 3.68. The highest BCUT2D eigenvalue weighted by atomic mass is 35.5. The van der Waals surface area contributed by atoms with Gasteiger partial charge < -0.3 is 4.74 Å². The highest BCUT2D eigenvalue weighted by molar-refractivity contribution is 6.30. The van der Waals surface area contributed by atoms with Crippen LogP contribution >= 0.6 is 11.6 Å². The maximum atomic E-state index is 11.7. The van der Waals surface area contributed by atoms with E-state index in [2.05, 4.69) is 24.4 Å². The monoisotopic (exact) mass is 330 g/mol. The first-order valence-electron chi connectivity index (χ1n) is 7.24. The van der Waals surface area contributed by atoms with E-state index in [1.807, 2.05) is 19.1 Å². The molecule has 2 rings (SSSR count). The van der Waals surface area contributed by atoms with Crippen LogP contribution in [0, 0.1) is 20.8 Å². The third-order valence-corrected chi connectivity index (χ3v) is 3.93. The fourth-order valence-corrected chi connectivity index (χ4v) is 2.13. The summed E-state index contributed by atoms with van der Waals surface area (Å²) in [6, 6.07) is 10.8. The maximum absolute atomic E-state index is 11.7. The number of hydrogen-bond donors (Lipinski definition) is 1. The number of carbonyl (C=O) groups excluding carboxylic acids is 1. The van der Waals surface area contributed by atoms with Crippen molar-refractivity contribution in [1.82, 2.24) is 5.43 Å². The molecule has 2 aromatic rings. The van der Waals surface area contributed by atoms with Crippen LogP contribution < -0.4 is 10.2 Å². The molecule has 0 aliphatic carbocycles. The van der Waals surface area contributed by atoms with Gasteiger partial charge in [0.05, 0.1) is 6.21 Å². The second-order valence-electron chi connectivity index (χ2n) is 5.26. The van der Waals surface area contributed by atoms with Crippen molar-refractivity contribution in [3.8, 4) is 5.75 Å². The predicted octanol–water partition coefficient (Wildman–Crippen LogP) is 3.79. The second kappa shape index (κ2) is 7.79. The molecule has 0 bridgehead atoms. The molecule has 0 fully saturated rings. The topological polar surface area (TPSA) is 50.7 Å². The minimum Gasteiger partial charge on any atom is -0.484 e. The third kappa shape index (κ3) is 4.83. The van der Waals surface area contributed by atoms with E-state index >= 15 is 0 Å². The Hall–Kier alpha value is -2.33. The van der Waals surface area contributed by atoms with Gasteiger partial charge >= 0.3 is 0 Å². The second-order valence-corrected chi connectivity index (χ2v) is 5.69. The summed E-state index contributed by atoms with van der Waals surface area (Å²) < 4.78 is 5.34. The highest BCUT2D eigenvalue weighted by Gasteiger charge is 2.03. The Morgan fingerprint density at radius 2 is 1.83 bits per heavy atom. The lowest BCUT2D eigenvalue weighted by atomic mass is 10.00. The SMILES string of the molecule is Cc1ccc(/C=N/NC(=O)COc2ccc(Cl)cc2)c(C)c1C. The van der Waals surface area contributed by atoms with Crippen molar-refractivity contribution >= 4 is 23.7 Å². The van der Waals surface area contributed by atoms with Crippen LogP contribution in [-0.4, -0.2) is 18.7 Å². The van der Waals surface area contributed by atoms with Crippen molar-refractivity contribution in [2.24, 2.45) is 5.10 Å². The van der Waals surface area contributed by atoms with Gasteiger partial charge in [-0.3, -0.25) is 4.79 Å². The molecule has 0 spiro atoms. The molecule has 5 heteroatoms. The standard InChI is InChI=1S/C18H19ClN2O2/c1-12-4-5-15(14(3)13(12)2)10-20-21-18(22)11-23-17-8-6-16(19)7-9-17/h4-10H,11H2,1-3H3,(H,21,22)/b20-10+. The molecule has 0 radical (unpaired) electrons. The van der Waals surface area contributed by atoms with Gasteiger partial charge in [-0.2, -0.15) is 5.10 Å². The van der Waals surface area contributed by atoms with E-state index in [0.29, 0.717) is 10.8 Å². The maximum Gasteiger partial charge on any atom is 0.277 e. The molecule has 0 atom stereocenters. The van der Waals surface area contributed by atoms with Gasteiger partial charge in [0, 0.05) is 5.02 Å². The first kappa shape index (κ1) is 17.0. The fourth-order valence-electron chi connectivity index (χ4n) is 2.00. The van der Waals surface area contributed by atoms with Crippen LogP contribution in [0.3, 0.4) is 0 Å². The van der Waals surface area contributed by atoms with Crippen LogP contribution in [-0.2, 0) is 4.79 Å². The van der Waals surface area contributed by atoms with Crippen LogP contribution in [0.4, 0.5) is 0 Å². The summed E-state index contributed by atoms with van der Waals surface area (Å²) in [5.74, 6) is 0.260. The number of hydrogen-bond acceptors (Lipinski definition) is 3. The van der Waals surface area contributed by atoms with E-state index in [9.17, 15) is 4.79 Å². The van der Waals surface area contributed by atoms with Gasteiger partial charge in [0.2, 0.25) is 0 Å². The zero-order chi connectivity index (χ0) is 16.8. The molecule has 23 heavy (non-hydrogen) atoms. The molecule has 0 aromatic heterocycles. The molecule has 0 aliphatic rings. The molecule has 0 saturated heterocycles. The number of ether oxygens (including phenoxy) is 1. The van der Waals surface area contributed by atoms with Crippen molar-refractivity contribution in [2.75, 3.05) is 6.61 Å². The fraction of sp³-hybridized carbons (Fsp3) is 0.222. The van der Waals surface area contributed by atoms with E-state index in [-0.39, 0.29) is 12.5 Å². The summed E-state index contributed by atoms with van der Waals surface area (Å²) in [4.78, 5) is 11.7. The van der Waals surface area contributed by atoms with Gasteiger partial charge in [0.15, 0.2) is 6.61 Å². The van der Waals surface area contributed by atoms with Crippen molar-refractivity contribution in [3.63, 3.8) is 0 Å². The minimum atomic E-state index is -0.322. The quantitative estimate of drug-likeness (QED) is 0.669. The number of nitrogens with one attached hydrogen (secondary N) is 1. The van der Waals surface area contributed by atoms with Crippen LogP contribution in [0.25, 0.3) is 0 Å². The molecule has 0 unspecified atom stereocenters.